The lowest BCUT2D eigenvalue weighted by molar-refractivity contribution is -0.115. The number of nitrogens with zero attached hydrogens (tertiary/aromatic N) is 2. The zero-order valence-corrected chi connectivity index (χ0v) is 18.9. The minimum absolute atomic E-state index is 0.115. The first-order valence-corrected chi connectivity index (χ1v) is 11.5. The molecule has 1 aliphatic rings. The van der Waals surface area contributed by atoms with Crippen LogP contribution >= 0.6 is 0 Å². The van der Waals surface area contributed by atoms with Crippen LogP contribution in [0.25, 0.3) is 11.3 Å². The van der Waals surface area contributed by atoms with Gasteiger partial charge in [-0.05, 0) is 72.7 Å². The molecule has 0 fully saturated rings. The molecule has 35 heavy (non-hydrogen) atoms. The number of phenols is 1. The molecule has 0 spiro atoms. The van der Waals surface area contributed by atoms with Crippen LogP contribution in [0.5, 0.6) is 5.75 Å². The topological polar surface area (TPSA) is 75.1 Å². The van der Waals surface area contributed by atoms with E-state index in [0.29, 0.717) is 42.8 Å². The van der Waals surface area contributed by atoms with Gasteiger partial charge in [0.2, 0.25) is 5.91 Å². The molecule has 1 aliphatic carbocycles. The van der Waals surface area contributed by atoms with Gasteiger partial charge >= 0.3 is 0 Å². The van der Waals surface area contributed by atoms with Gasteiger partial charge in [-0.1, -0.05) is 36.4 Å². The quantitative estimate of drug-likeness (QED) is 0.406. The lowest BCUT2D eigenvalue weighted by atomic mass is 9.91. The normalized spacial score (nSPS) is 12.1. The van der Waals surface area contributed by atoms with E-state index in [2.05, 4.69) is 5.32 Å². The molecule has 4 aromatic rings. The number of carbonyl (C=O) groups excluding carboxylic acids is 1. The third-order valence-corrected chi connectivity index (χ3v) is 6.12. The molecular formula is C28H23F2N3O2. The zero-order chi connectivity index (χ0) is 24.4. The summed E-state index contributed by atoms with van der Waals surface area (Å²) < 4.78 is 26.8. The third kappa shape index (κ3) is 5.04. The van der Waals surface area contributed by atoms with Crippen molar-refractivity contribution in [3.63, 3.8) is 0 Å². The Morgan fingerprint density at radius 3 is 2.51 bits per heavy atom. The highest BCUT2D eigenvalue weighted by molar-refractivity contribution is 5.92. The molecule has 0 unspecified atom stereocenters. The highest BCUT2D eigenvalue weighted by Crippen LogP contribution is 2.34. The van der Waals surface area contributed by atoms with Crippen molar-refractivity contribution in [2.75, 3.05) is 5.32 Å². The summed E-state index contributed by atoms with van der Waals surface area (Å²) in [6.07, 6.45) is 2.48. The first-order chi connectivity index (χ1) is 17.0. The first-order valence-electron chi connectivity index (χ1n) is 11.5. The van der Waals surface area contributed by atoms with E-state index in [-0.39, 0.29) is 18.1 Å². The molecule has 0 bridgehead atoms. The fourth-order valence-electron chi connectivity index (χ4n) is 4.36. The average Bonchev–Trinajstić information content (AvgIpc) is 2.85. The van der Waals surface area contributed by atoms with Crippen LogP contribution in [0.4, 0.5) is 14.6 Å². The highest BCUT2D eigenvalue weighted by Gasteiger charge is 2.23. The van der Waals surface area contributed by atoms with E-state index in [1.165, 1.54) is 6.07 Å². The number of carbonyl (C=O) groups is 1. The summed E-state index contributed by atoms with van der Waals surface area (Å²) in [6.45, 7) is 0. The Bertz CT molecular complexity index is 1410. The highest BCUT2D eigenvalue weighted by atomic mass is 19.2. The fourth-order valence-corrected chi connectivity index (χ4v) is 4.36. The van der Waals surface area contributed by atoms with Gasteiger partial charge in [-0.15, -0.1) is 0 Å². The monoisotopic (exact) mass is 471 g/mol. The van der Waals surface area contributed by atoms with E-state index in [1.54, 1.807) is 12.1 Å². The maximum absolute atomic E-state index is 13.6. The molecule has 1 heterocycles. The minimum atomic E-state index is -0.989. The number of fused-ring (bicyclic) bond motifs is 3. The van der Waals surface area contributed by atoms with Gasteiger partial charge in [0.25, 0.3) is 0 Å². The molecule has 0 saturated heterocycles. The molecule has 1 amide bonds. The van der Waals surface area contributed by atoms with E-state index in [0.717, 1.165) is 40.2 Å². The first kappa shape index (κ1) is 22.7. The van der Waals surface area contributed by atoms with Crippen molar-refractivity contribution < 1.29 is 18.7 Å². The van der Waals surface area contributed by atoms with E-state index < -0.39 is 11.6 Å². The van der Waals surface area contributed by atoms with Crippen LogP contribution in [0, 0.1) is 11.6 Å². The molecule has 0 aliphatic heterocycles. The molecule has 0 atom stereocenters. The Hall–Kier alpha value is -4.13. The SMILES string of the molecule is O=C(Cc1ccc(F)c(F)c1)Nc1nc2c(nc1CCc1ccccc1)-c1ccc(O)cc1CC2. The van der Waals surface area contributed by atoms with E-state index in [4.69, 9.17) is 9.97 Å². The van der Waals surface area contributed by atoms with Gasteiger partial charge in [0, 0.05) is 5.56 Å². The largest absolute Gasteiger partial charge is 0.508 e. The van der Waals surface area contributed by atoms with E-state index >= 15 is 0 Å². The third-order valence-electron chi connectivity index (χ3n) is 6.12. The second-order valence-electron chi connectivity index (χ2n) is 8.61. The maximum Gasteiger partial charge on any atom is 0.229 e. The molecular weight excluding hydrogens is 448 g/mol. The van der Waals surface area contributed by atoms with Crippen molar-refractivity contribution in [2.24, 2.45) is 0 Å². The van der Waals surface area contributed by atoms with Crippen LogP contribution in [-0.2, 0) is 36.9 Å². The predicted octanol–water partition coefficient (Wildman–Crippen LogP) is 5.19. The number of benzene rings is 3. The minimum Gasteiger partial charge on any atom is -0.508 e. The van der Waals surface area contributed by atoms with Crippen LogP contribution in [0.2, 0.25) is 0 Å². The number of hydrogen-bond donors (Lipinski definition) is 2. The number of hydrogen-bond acceptors (Lipinski definition) is 4. The van der Waals surface area contributed by atoms with Crippen molar-refractivity contribution in [3.8, 4) is 17.0 Å². The smallest absolute Gasteiger partial charge is 0.229 e. The fraction of sp³-hybridized carbons (Fsp3) is 0.179. The number of nitrogens with one attached hydrogen (secondary N) is 1. The number of rotatable bonds is 6. The van der Waals surface area contributed by atoms with Gasteiger partial charge < -0.3 is 10.4 Å². The van der Waals surface area contributed by atoms with Crippen LogP contribution in [-0.4, -0.2) is 21.0 Å². The lowest BCUT2D eigenvalue weighted by Crippen LogP contribution is -2.20. The number of phenolic OH excluding ortho intramolecular Hbond substituents is 1. The molecule has 3 aromatic carbocycles. The van der Waals surface area contributed by atoms with Crippen LogP contribution in [0.3, 0.4) is 0 Å². The van der Waals surface area contributed by atoms with Gasteiger partial charge in [0.15, 0.2) is 17.5 Å². The lowest BCUT2D eigenvalue weighted by Gasteiger charge is -2.21. The Labute approximate surface area is 201 Å². The maximum atomic E-state index is 13.6. The molecule has 176 valence electrons. The van der Waals surface area contributed by atoms with Gasteiger partial charge in [-0.2, -0.15) is 0 Å². The van der Waals surface area contributed by atoms with Gasteiger partial charge in [-0.25, -0.2) is 18.7 Å². The standard InChI is InChI=1S/C28H23F2N3O2/c29-22-11-6-18(14-23(22)30)15-26(35)33-28-25(12-7-17-4-2-1-3-5-17)31-27-21-10-9-20(34)16-19(21)8-13-24(27)32-28/h1-6,9-11,14,16,34H,7-8,12-13,15H2,(H,32,33,35). The Kier molecular flexibility index (Phi) is 6.23. The number of halogens is 2. The van der Waals surface area contributed by atoms with Crippen LogP contribution in [0.1, 0.15) is 28.1 Å². The number of amides is 1. The molecule has 7 heteroatoms. The average molecular weight is 472 g/mol. The summed E-state index contributed by atoms with van der Waals surface area (Å²) >= 11 is 0. The summed E-state index contributed by atoms with van der Waals surface area (Å²) in [6, 6.07) is 18.6. The summed E-state index contributed by atoms with van der Waals surface area (Å²) in [4.78, 5) is 22.5. The number of aromatic nitrogens is 2. The Morgan fingerprint density at radius 2 is 1.71 bits per heavy atom. The molecule has 2 N–H and O–H groups in total. The second-order valence-corrected chi connectivity index (χ2v) is 8.61. The van der Waals surface area contributed by atoms with Crippen molar-refractivity contribution in [1.82, 2.24) is 9.97 Å². The van der Waals surface area contributed by atoms with E-state index in [9.17, 15) is 18.7 Å². The summed E-state index contributed by atoms with van der Waals surface area (Å²) in [5.41, 5.74) is 5.62. The molecule has 5 rings (SSSR count). The van der Waals surface area contributed by atoms with Gasteiger partial charge in [0.1, 0.15) is 5.75 Å². The zero-order valence-electron chi connectivity index (χ0n) is 18.9. The predicted molar refractivity (Wildman–Crippen MR) is 129 cm³/mol. The summed E-state index contributed by atoms with van der Waals surface area (Å²) in [5.74, 6) is -1.73. The molecule has 0 radical (unpaired) electrons. The van der Waals surface area contributed by atoms with Crippen molar-refractivity contribution in [3.05, 3.63) is 106 Å². The summed E-state index contributed by atoms with van der Waals surface area (Å²) in [5, 5.41) is 12.7. The van der Waals surface area contributed by atoms with Crippen LogP contribution < -0.4 is 5.32 Å². The molecule has 5 nitrogen and oxygen atoms in total. The number of anilines is 1. The van der Waals surface area contributed by atoms with Crippen molar-refractivity contribution in [1.29, 1.82) is 0 Å². The number of aromatic hydroxyl groups is 1. The number of aryl methyl sites for hydroxylation is 4. The van der Waals surface area contributed by atoms with E-state index in [1.807, 2.05) is 36.4 Å². The van der Waals surface area contributed by atoms with Gasteiger partial charge in [-0.3, -0.25) is 4.79 Å². The van der Waals surface area contributed by atoms with Crippen LogP contribution in [0.15, 0.2) is 66.7 Å². The summed E-state index contributed by atoms with van der Waals surface area (Å²) in [7, 11) is 0. The molecule has 0 saturated carbocycles. The second kappa shape index (κ2) is 9.62. The Morgan fingerprint density at radius 1 is 0.886 bits per heavy atom. The van der Waals surface area contributed by atoms with Gasteiger partial charge in [0.05, 0.1) is 23.5 Å². The van der Waals surface area contributed by atoms with Crippen molar-refractivity contribution >= 4 is 11.7 Å². The molecule has 1 aromatic heterocycles. The Balaban J connectivity index is 1.46. The van der Waals surface area contributed by atoms with Crippen molar-refractivity contribution in [2.45, 2.75) is 32.1 Å².